The van der Waals surface area contributed by atoms with Crippen molar-refractivity contribution in [2.75, 3.05) is 5.73 Å². The molecule has 0 aliphatic rings. The van der Waals surface area contributed by atoms with Crippen LogP contribution in [0, 0.1) is 13.8 Å². The van der Waals surface area contributed by atoms with Crippen LogP contribution in [-0.2, 0) is 15.6 Å². The van der Waals surface area contributed by atoms with Gasteiger partial charge in [0, 0.05) is 4.47 Å². The van der Waals surface area contributed by atoms with Gasteiger partial charge in [0.05, 0.1) is 16.3 Å². The third-order valence-corrected chi connectivity index (χ3v) is 5.47. The van der Waals surface area contributed by atoms with Crippen LogP contribution in [0.3, 0.4) is 0 Å². The molecule has 106 valence electrons. The molecule has 0 amide bonds. The summed E-state index contributed by atoms with van der Waals surface area (Å²) in [5.41, 5.74) is 9.06. The van der Waals surface area contributed by atoms with Gasteiger partial charge in [-0.05, 0) is 48.7 Å². The van der Waals surface area contributed by atoms with Crippen LogP contribution in [0.25, 0.3) is 0 Å². The maximum atomic E-state index is 12.5. The summed E-state index contributed by atoms with van der Waals surface area (Å²) >= 11 is 3.28. The van der Waals surface area contributed by atoms with Gasteiger partial charge in [0.1, 0.15) is 0 Å². The van der Waals surface area contributed by atoms with Gasteiger partial charge in [-0.2, -0.15) is 0 Å². The number of anilines is 1. The van der Waals surface area contributed by atoms with E-state index >= 15 is 0 Å². The lowest BCUT2D eigenvalue weighted by Crippen LogP contribution is -2.08. The third-order valence-electron chi connectivity index (χ3n) is 3.24. The number of nitrogen functional groups attached to an aromatic ring is 1. The zero-order valence-electron chi connectivity index (χ0n) is 11.4. The molecule has 2 N–H and O–H groups in total. The van der Waals surface area contributed by atoms with E-state index in [9.17, 15) is 8.42 Å². The van der Waals surface area contributed by atoms with Crippen molar-refractivity contribution in [1.29, 1.82) is 0 Å². The summed E-state index contributed by atoms with van der Waals surface area (Å²) in [5.74, 6) is -0.0469. The van der Waals surface area contributed by atoms with Crippen molar-refractivity contribution in [2.45, 2.75) is 24.5 Å². The summed E-state index contributed by atoms with van der Waals surface area (Å²) in [5, 5.41) is 0. The largest absolute Gasteiger partial charge is 0.398 e. The van der Waals surface area contributed by atoms with Crippen molar-refractivity contribution in [3.05, 3.63) is 57.6 Å². The molecule has 2 rings (SSSR count). The Hall–Kier alpha value is -1.33. The smallest absolute Gasteiger partial charge is 0.184 e. The van der Waals surface area contributed by atoms with E-state index < -0.39 is 9.84 Å². The Morgan fingerprint density at radius 3 is 2.40 bits per heavy atom. The molecule has 0 aromatic heterocycles. The van der Waals surface area contributed by atoms with Crippen molar-refractivity contribution in [3.8, 4) is 0 Å². The fourth-order valence-corrected chi connectivity index (χ4v) is 3.99. The van der Waals surface area contributed by atoms with Gasteiger partial charge in [0.2, 0.25) is 0 Å². The van der Waals surface area contributed by atoms with Gasteiger partial charge in [-0.1, -0.05) is 34.1 Å². The minimum atomic E-state index is -3.45. The summed E-state index contributed by atoms with van der Waals surface area (Å²) in [6, 6.07) is 10.5. The zero-order valence-corrected chi connectivity index (χ0v) is 13.8. The molecule has 0 aliphatic heterocycles. The van der Waals surface area contributed by atoms with Crippen LogP contribution in [0.5, 0.6) is 0 Å². The quantitative estimate of drug-likeness (QED) is 0.857. The first-order valence-electron chi connectivity index (χ1n) is 6.13. The number of sulfone groups is 1. The van der Waals surface area contributed by atoms with Crippen molar-refractivity contribution in [1.82, 2.24) is 0 Å². The van der Waals surface area contributed by atoms with Crippen LogP contribution in [0.4, 0.5) is 5.69 Å². The van der Waals surface area contributed by atoms with E-state index in [0.29, 0.717) is 4.47 Å². The Balaban J connectivity index is 2.40. The molecule has 0 saturated heterocycles. The molecule has 20 heavy (non-hydrogen) atoms. The van der Waals surface area contributed by atoms with Crippen LogP contribution in [0.1, 0.15) is 16.7 Å². The topological polar surface area (TPSA) is 60.2 Å². The lowest BCUT2D eigenvalue weighted by atomic mass is 10.1. The first-order valence-corrected chi connectivity index (χ1v) is 8.58. The van der Waals surface area contributed by atoms with Crippen LogP contribution in [0.2, 0.25) is 0 Å². The van der Waals surface area contributed by atoms with E-state index in [0.717, 1.165) is 16.7 Å². The van der Waals surface area contributed by atoms with Gasteiger partial charge < -0.3 is 5.73 Å². The summed E-state index contributed by atoms with van der Waals surface area (Å²) in [7, 11) is -3.45. The molecule has 2 aromatic rings. The molecule has 0 atom stereocenters. The first kappa shape index (κ1) is 15.1. The van der Waals surface area contributed by atoms with Crippen LogP contribution < -0.4 is 5.73 Å². The number of halogens is 1. The van der Waals surface area contributed by atoms with Crippen LogP contribution in [-0.4, -0.2) is 8.42 Å². The molecular formula is C15H16BrNO2S. The standard InChI is InChI=1S/C15H16BrNO2S/c1-10-3-4-12(7-11(10)2)9-20(18,19)15-8-13(16)5-6-14(15)17/h3-8H,9,17H2,1-2H3. The fraction of sp³-hybridized carbons (Fsp3) is 0.200. The Kier molecular flexibility index (Phi) is 4.20. The SMILES string of the molecule is Cc1ccc(CS(=O)(=O)c2cc(Br)ccc2N)cc1C. The molecule has 3 nitrogen and oxygen atoms in total. The molecule has 0 bridgehead atoms. The molecule has 0 fully saturated rings. The van der Waals surface area contributed by atoms with Gasteiger partial charge in [0.25, 0.3) is 0 Å². The van der Waals surface area contributed by atoms with E-state index in [1.165, 1.54) is 0 Å². The highest BCUT2D eigenvalue weighted by Crippen LogP contribution is 2.26. The molecule has 5 heteroatoms. The normalized spacial score (nSPS) is 11.6. The zero-order chi connectivity index (χ0) is 14.9. The van der Waals surface area contributed by atoms with Crippen LogP contribution in [0.15, 0.2) is 45.8 Å². The highest BCUT2D eigenvalue weighted by atomic mass is 79.9. The highest BCUT2D eigenvalue weighted by Gasteiger charge is 2.19. The van der Waals surface area contributed by atoms with Crippen molar-refractivity contribution in [3.63, 3.8) is 0 Å². The second kappa shape index (κ2) is 5.58. The van der Waals surface area contributed by atoms with Gasteiger partial charge in [0.15, 0.2) is 9.84 Å². The molecule has 2 aromatic carbocycles. The van der Waals surface area contributed by atoms with E-state index in [2.05, 4.69) is 15.9 Å². The predicted molar refractivity (Wildman–Crippen MR) is 85.4 cm³/mol. The highest BCUT2D eigenvalue weighted by molar-refractivity contribution is 9.10. The maximum absolute atomic E-state index is 12.5. The minimum absolute atomic E-state index is 0.0469. The van der Waals surface area contributed by atoms with Gasteiger partial charge >= 0.3 is 0 Å². The Bertz CT molecular complexity index is 754. The number of rotatable bonds is 3. The summed E-state index contributed by atoms with van der Waals surface area (Å²) < 4.78 is 25.6. The Labute approximate surface area is 127 Å². The molecule has 0 radical (unpaired) electrons. The third kappa shape index (κ3) is 3.22. The predicted octanol–water partition coefficient (Wildman–Crippen LogP) is 3.62. The van der Waals surface area contributed by atoms with Gasteiger partial charge in [-0.25, -0.2) is 8.42 Å². The monoisotopic (exact) mass is 353 g/mol. The van der Waals surface area contributed by atoms with Crippen LogP contribution >= 0.6 is 15.9 Å². The van der Waals surface area contributed by atoms with Crippen molar-refractivity contribution >= 4 is 31.5 Å². The number of aryl methyl sites for hydroxylation is 2. The molecule has 0 heterocycles. The number of nitrogens with two attached hydrogens (primary N) is 1. The maximum Gasteiger partial charge on any atom is 0.184 e. The number of benzene rings is 2. The summed E-state index contributed by atoms with van der Waals surface area (Å²) in [6.07, 6.45) is 0. The van der Waals surface area contributed by atoms with Gasteiger partial charge in [-0.3, -0.25) is 0 Å². The van der Waals surface area contributed by atoms with Crippen molar-refractivity contribution < 1.29 is 8.42 Å². The minimum Gasteiger partial charge on any atom is -0.398 e. The van der Waals surface area contributed by atoms with E-state index in [1.54, 1.807) is 18.2 Å². The lowest BCUT2D eigenvalue weighted by Gasteiger charge is -2.09. The average molecular weight is 354 g/mol. The summed E-state index contributed by atoms with van der Waals surface area (Å²) in [4.78, 5) is 0.171. The van der Waals surface area contributed by atoms with Gasteiger partial charge in [-0.15, -0.1) is 0 Å². The Morgan fingerprint density at radius 2 is 1.75 bits per heavy atom. The first-order chi connectivity index (χ1) is 9.29. The average Bonchev–Trinajstić information content (AvgIpc) is 2.36. The molecule has 0 aliphatic carbocycles. The van der Waals surface area contributed by atoms with E-state index in [4.69, 9.17) is 5.73 Å². The molecule has 0 spiro atoms. The Morgan fingerprint density at radius 1 is 1.05 bits per heavy atom. The molecular weight excluding hydrogens is 338 g/mol. The number of hydrogen-bond acceptors (Lipinski definition) is 3. The van der Waals surface area contributed by atoms with E-state index in [1.807, 2.05) is 32.0 Å². The number of hydrogen-bond donors (Lipinski definition) is 1. The van der Waals surface area contributed by atoms with Crippen molar-refractivity contribution in [2.24, 2.45) is 0 Å². The molecule has 0 saturated carbocycles. The summed E-state index contributed by atoms with van der Waals surface area (Å²) in [6.45, 7) is 3.97. The molecule has 0 unspecified atom stereocenters. The fourth-order valence-electron chi connectivity index (χ4n) is 1.97. The second-order valence-corrected chi connectivity index (χ2v) is 7.73. The second-order valence-electron chi connectivity index (χ2n) is 4.86. The lowest BCUT2D eigenvalue weighted by molar-refractivity contribution is 0.595. The van der Waals surface area contributed by atoms with E-state index in [-0.39, 0.29) is 16.3 Å².